The minimum Gasteiger partial charge on any atom is -0.490 e. The smallest absolute Gasteiger partial charge is 0.272 e. The molecule has 0 spiro atoms. The molecule has 6 nitrogen and oxygen atoms in total. The summed E-state index contributed by atoms with van der Waals surface area (Å²) < 4.78 is 24.6. The SMILES string of the molecule is CCCOc1ccc(C(=O)NNC(=O)c2ccccc2F)cc1OCC. The van der Waals surface area contributed by atoms with Crippen molar-refractivity contribution in [1.82, 2.24) is 10.9 Å². The van der Waals surface area contributed by atoms with Crippen molar-refractivity contribution in [3.8, 4) is 11.5 Å². The fraction of sp³-hybridized carbons (Fsp3) is 0.263. The number of nitrogens with one attached hydrogen (secondary N) is 2. The highest BCUT2D eigenvalue weighted by atomic mass is 19.1. The zero-order valence-corrected chi connectivity index (χ0v) is 14.7. The molecule has 2 rings (SSSR count). The number of ether oxygens (including phenoxy) is 2. The topological polar surface area (TPSA) is 76.7 Å². The summed E-state index contributed by atoms with van der Waals surface area (Å²) in [5.41, 5.74) is 4.55. The van der Waals surface area contributed by atoms with Crippen molar-refractivity contribution in [1.29, 1.82) is 0 Å². The van der Waals surface area contributed by atoms with Crippen molar-refractivity contribution < 1.29 is 23.5 Å². The van der Waals surface area contributed by atoms with E-state index in [0.717, 1.165) is 6.42 Å². The Hall–Kier alpha value is -3.09. The van der Waals surface area contributed by atoms with Gasteiger partial charge < -0.3 is 9.47 Å². The molecule has 2 N–H and O–H groups in total. The van der Waals surface area contributed by atoms with E-state index in [1.54, 1.807) is 12.1 Å². The monoisotopic (exact) mass is 360 g/mol. The van der Waals surface area contributed by atoms with E-state index in [1.807, 2.05) is 13.8 Å². The lowest BCUT2D eigenvalue weighted by Gasteiger charge is -2.13. The Morgan fingerprint density at radius 3 is 2.38 bits per heavy atom. The number of halogens is 1. The van der Waals surface area contributed by atoms with Crippen LogP contribution in [-0.2, 0) is 0 Å². The first-order valence-corrected chi connectivity index (χ1v) is 8.31. The van der Waals surface area contributed by atoms with E-state index in [2.05, 4.69) is 10.9 Å². The molecule has 0 aliphatic heterocycles. The first-order valence-electron chi connectivity index (χ1n) is 8.31. The van der Waals surface area contributed by atoms with Crippen molar-refractivity contribution >= 4 is 11.8 Å². The molecule has 0 aromatic heterocycles. The van der Waals surface area contributed by atoms with Gasteiger partial charge in [0, 0.05) is 5.56 Å². The molecule has 0 saturated carbocycles. The predicted molar refractivity (Wildman–Crippen MR) is 94.7 cm³/mol. The van der Waals surface area contributed by atoms with Gasteiger partial charge in [-0.3, -0.25) is 20.4 Å². The van der Waals surface area contributed by atoms with Gasteiger partial charge in [-0.25, -0.2) is 4.39 Å². The number of amides is 2. The standard InChI is InChI=1S/C19H21FN2O4/c1-3-11-26-16-10-9-13(12-17(16)25-4-2)18(23)21-22-19(24)14-7-5-6-8-15(14)20/h5-10,12H,3-4,11H2,1-2H3,(H,21,23)(H,22,24). The molecule has 0 saturated heterocycles. The quantitative estimate of drug-likeness (QED) is 0.744. The summed E-state index contributed by atoms with van der Waals surface area (Å²) in [5, 5.41) is 0. The Kier molecular flexibility index (Phi) is 6.96. The van der Waals surface area contributed by atoms with Gasteiger partial charge in [-0.05, 0) is 43.7 Å². The second-order valence-corrected chi connectivity index (χ2v) is 5.33. The Morgan fingerprint density at radius 2 is 1.69 bits per heavy atom. The normalized spacial score (nSPS) is 10.1. The number of benzene rings is 2. The number of hydrazine groups is 1. The molecule has 26 heavy (non-hydrogen) atoms. The van der Waals surface area contributed by atoms with Gasteiger partial charge in [-0.2, -0.15) is 0 Å². The Morgan fingerprint density at radius 1 is 0.962 bits per heavy atom. The number of hydrogen-bond donors (Lipinski definition) is 2. The van der Waals surface area contributed by atoms with Crippen molar-refractivity contribution in [3.63, 3.8) is 0 Å². The number of hydrogen-bond acceptors (Lipinski definition) is 4. The minimum atomic E-state index is -0.746. The summed E-state index contributed by atoms with van der Waals surface area (Å²) in [4.78, 5) is 24.2. The molecule has 0 atom stereocenters. The highest BCUT2D eigenvalue weighted by molar-refractivity contribution is 5.99. The molecule has 0 aliphatic rings. The lowest BCUT2D eigenvalue weighted by atomic mass is 10.2. The molecule has 0 radical (unpaired) electrons. The second kappa shape index (κ2) is 9.41. The van der Waals surface area contributed by atoms with Gasteiger partial charge in [-0.15, -0.1) is 0 Å². The van der Waals surface area contributed by atoms with Crippen LogP contribution in [0.15, 0.2) is 42.5 Å². The average molecular weight is 360 g/mol. The highest BCUT2D eigenvalue weighted by Crippen LogP contribution is 2.28. The summed E-state index contributed by atoms with van der Waals surface area (Å²) in [6.07, 6.45) is 0.843. The molecule has 2 amide bonds. The van der Waals surface area contributed by atoms with Gasteiger partial charge in [0.15, 0.2) is 11.5 Å². The Labute approximate surface area is 151 Å². The van der Waals surface area contributed by atoms with Crippen LogP contribution in [0.4, 0.5) is 4.39 Å². The summed E-state index contributed by atoms with van der Waals surface area (Å²) in [6.45, 7) is 4.76. The van der Waals surface area contributed by atoms with E-state index in [-0.39, 0.29) is 11.1 Å². The van der Waals surface area contributed by atoms with Crippen LogP contribution < -0.4 is 20.3 Å². The molecule has 0 bridgehead atoms. The maximum atomic E-state index is 13.6. The zero-order valence-electron chi connectivity index (χ0n) is 14.7. The maximum Gasteiger partial charge on any atom is 0.272 e. The number of carbonyl (C=O) groups excluding carboxylic acids is 2. The van der Waals surface area contributed by atoms with Crippen LogP contribution in [0, 0.1) is 5.82 Å². The van der Waals surface area contributed by atoms with Crippen LogP contribution in [0.25, 0.3) is 0 Å². The van der Waals surface area contributed by atoms with Gasteiger partial charge in [0.2, 0.25) is 0 Å². The van der Waals surface area contributed by atoms with Gasteiger partial charge >= 0.3 is 0 Å². The molecular formula is C19H21FN2O4. The fourth-order valence-electron chi connectivity index (χ4n) is 2.15. The minimum absolute atomic E-state index is 0.161. The molecule has 0 aliphatic carbocycles. The Bertz CT molecular complexity index is 780. The number of carbonyl (C=O) groups is 2. The first-order chi connectivity index (χ1) is 12.6. The summed E-state index contributed by atoms with van der Waals surface area (Å²) in [7, 11) is 0. The molecule has 0 unspecified atom stereocenters. The van der Waals surface area contributed by atoms with Crippen LogP contribution in [0.1, 0.15) is 41.0 Å². The van der Waals surface area contributed by atoms with E-state index in [4.69, 9.17) is 9.47 Å². The van der Waals surface area contributed by atoms with E-state index in [1.165, 1.54) is 30.3 Å². The molecule has 2 aromatic rings. The van der Waals surface area contributed by atoms with E-state index in [0.29, 0.717) is 24.7 Å². The molecule has 2 aromatic carbocycles. The van der Waals surface area contributed by atoms with Gasteiger partial charge in [-0.1, -0.05) is 19.1 Å². The fourth-order valence-corrected chi connectivity index (χ4v) is 2.15. The van der Waals surface area contributed by atoms with Crippen LogP contribution in [0.5, 0.6) is 11.5 Å². The largest absolute Gasteiger partial charge is 0.490 e. The molecule has 0 fully saturated rings. The lowest BCUT2D eigenvalue weighted by molar-refractivity contribution is 0.0844. The van der Waals surface area contributed by atoms with Gasteiger partial charge in [0.1, 0.15) is 5.82 Å². The summed E-state index contributed by atoms with van der Waals surface area (Å²) >= 11 is 0. The summed E-state index contributed by atoms with van der Waals surface area (Å²) in [5.74, 6) is -0.993. The third-order valence-corrected chi connectivity index (χ3v) is 3.38. The number of rotatable bonds is 7. The average Bonchev–Trinajstić information content (AvgIpc) is 2.65. The van der Waals surface area contributed by atoms with Crippen LogP contribution in [0.2, 0.25) is 0 Å². The van der Waals surface area contributed by atoms with Crippen molar-refractivity contribution in [2.75, 3.05) is 13.2 Å². The van der Waals surface area contributed by atoms with Crippen molar-refractivity contribution in [2.45, 2.75) is 20.3 Å². The van der Waals surface area contributed by atoms with Crippen molar-refractivity contribution in [3.05, 3.63) is 59.4 Å². The first kappa shape index (κ1) is 19.2. The second-order valence-electron chi connectivity index (χ2n) is 5.33. The molecular weight excluding hydrogens is 339 g/mol. The summed E-state index contributed by atoms with van der Waals surface area (Å²) in [6, 6.07) is 10.2. The third-order valence-electron chi connectivity index (χ3n) is 3.38. The van der Waals surface area contributed by atoms with Crippen LogP contribution in [0.3, 0.4) is 0 Å². The van der Waals surface area contributed by atoms with E-state index < -0.39 is 17.6 Å². The Balaban J connectivity index is 2.05. The molecule has 0 heterocycles. The molecule has 138 valence electrons. The predicted octanol–water partition coefficient (Wildman–Crippen LogP) is 3.09. The maximum absolute atomic E-state index is 13.6. The van der Waals surface area contributed by atoms with Crippen LogP contribution >= 0.6 is 0 Å². The van der Waals surface area contributed by atoms with E-state index in [9.17, 15) is 14.0 Å². The van der Waals surface area contributed by atoms with Crippen LogP contribution in [-0.4, -0.2) is 25.0 Å². The molecule has 7 heteroatoms. The van der Waals surface area contributed by atoms with Gasteiger partial charge in [0.05, 0.1) is 18.8 Å². The van der Waals surface area contributed by atoms with Gasteiger partial charge in [0.25, 0.3) is 11.8 Å². The lowest BCUT2D eigenvalue weighted by Crippen LogP contribution is -2.41. The third kappa shape index (κ3) is 4.95. The zero-order chi connectivity index (χ0) is 18.9. The van der Waals surface area contributed by atoms with Crippen molar-refractivity contribution in [2.24, 2.45) is 0 Å². The van der Waals surface area contributed by atoms with E-state index >= 15 is 0 Å². The highest BCUT2D eigenvalue weighted by Gasteiger charge is 2.14.